The highest BCUT2D eigenvalue weighted by atomic mass is 19.1. The van der Waals surface area contributed by atoms with Gasteiger partial charge in [-0.1, -0.05) is 12.1 Å². The van der Waals surface area contributed by atoms with Gasteiger partial charge in [0.05, 0.1) is 19.6 Å². The Kier molecular flexibility index (Phi) is 7.73. The van der Waals surface area contributed by atoms with Crippen molar-refractivity contribution in [1.82, 2.24) is 10.2 Å². The smallest absolute Gasteiger partial charge is 0.239 e. The van der Waals surface area contributed by atoms with Crippen LogP contribution in [0.5, 0.6) is 5.75 Å². The third kappa shape index (κ3) is 7.05. The standard InChI is InChI=1S/C20H22F2N2O3/c1-2-24(14-19(25)23-13-15-3-5-16(21)6-4-15)20(26)11-12-27-18-9-7-17(22)8-10-18/h3-10H,2,11-14H2,1H3,(H,23,25). The maximum Gasteiger partial charge on any atom is 0.239 e. The SMILES string of the molecule is CCN(CC(=O)NCc1ccc(F)cc1)C(=O)CCOc1ccc(F)cc1. The monoisotopic (exact) mass is 376 g/mol. The van der Waals surface area contributed by atoms with Gasteiger partial charge < -0.3 is 15.0 Å². The lowest BCUT2D eigenvalue weighted by atomic mass is 10.2. The topological polar surface area (TPSA) is 58.6 Å². The van der Waals surface area contributed by atoms with E-state index < -0.39 is 0 Å². The van der Waals surface area contributed by atoms with Gasteiger partial charge in [-0.3, -0.25) is 9.59 Å². The molecule has 0 aliphatic heterocycles. The molecule has 0 aliphatic rings. The van der Waals surface area contributed by atoms with Crippen LogP contribution < -0.4 is 10.1 Å². The molecule has 27 heavy (non-hydrogen) atoms. The van der Waals surface area contributed by atoms with E-state index in [4.69, 9.17) is 4.74 Å². The summed E-state index contributed by atoms with van der Waals surface area (Å²) in [5.74, 6) is -0.729. The van der Waals surface area contributed by atoms with E-state index in [1.54, 1.807) is 19.1 Å². The fraction of sp³-hybridized carbons (Fsp3) is 0.300. The van der Waals surface area contributed by atoms with Gasteiger partial charge >= 0.3 is 0 Å². The second kappa shape index (κ2) is 10.3. The summed E-state index contributed by atoms with van der Waals surface area (Å²) >= 11 is 0. The number of nitrogens with one attached hydrogen (secondary N) is 1. The number of carbonyl (C=O) groups excluding carboxylic acids is 2. The highest BCUT2D eigenvalue weighted by Crippen LogP contribution is 2.11. The molecule has 0 fully saturated rings. The summed E-state index contributed by atoms with van der Waals surface area (Å²) in [6.45, 7) is 2.51. The first-order chi connectivity index (χ1) is 13.0. The zero-order valence-electron chi connectivity index (χ0n) is 15.1. The van der Waals surface area contributed by atoms with Crippen molar-refractivity contribution in [3.8, 4) is 5.75 Å². The second-order valence-electron chi connectivity index (χ2n) is 5.86. The number of nitrogens with zero attached hydrogens (tertiary/aromatic N) is 1. The van der Waals surface area contributed by atoms with Gasteiger partial charge in [-0.05, 0) is 48.9 Å². The molecule has 2 amide bonds. The third-order valence-corrected chi connectivity index (χ3v) is 3.87. The van der Waals surface area contributed by atoms with Crippen molar-refractivity contribution in [1.29, 1.82) is 0 Å². The van der Waals surface area contributed by atoms with Crippen LogP contribution in [0.2, 0.25) is 0 Å². The number of carbonyl (C=O) groups is 2. The lowest BCUT2D eigenvalue weighted by molar-refractivity contribution is -0.136. The molecule has 0 saturated carbocycles. The van der Waals surface area contributed by atoms with Crippen molar-refractivity contribution in [3.63, 3.8) is 0 Å². The predicted octanol–water partition coefficient (Wildman–Crippen LogP) is 2.90. The summed E-state index contributed by atoms with van der Waals surface area (Å²) in [7, 11) is 0. The first kappa shape index (κ1) is 20.4. The molecule has 0 aliphatic carbocycles. The molecule has 5 nitrogen and oxygen atoms in total. The Hall–Kier alpha value is -2.96. The average molecular weight is 376 g/mol. The molecule has 1 N–H and O–H groups in total. The molecule has 0 spiro atoms. The summed E-state index contributed by atoms with van der Waals surface area (Å²) in [6.07, 6.45) is 0.108. The molecule has 0 bridgehead atoms. The van der Waals surface area contributed by atoms with Crippen LogP contribution >= 0.6 is 0 Å². The van der Waals surface area contributed by atoms with Gasteiger partial charge in [-0.15, -0.1) is 0 Å². The van der Waals surface area contributed by atoms with Crippen molar-refractivity contribution < 1.29 is 23.1 Å². The Morgan fingerprint density at radius 3 is 2.19 bits per heavy atom. The van der Waals surface area contributed by atoms with Crippen molar-refractivity contribution in [3.05, 3.63) is 65.7 Å². The highest BCUT2D eigenvalue weighted by Gasteiger charge is 2.15. The molecular weight excluding hydrogens is 354 g/mol. The predicted molar refractivity (Wildman–Crippen MR) is 97.0 cm³/mol. The molecule has 144 valence electrons. The summed E-state index contributed by atoms with van der Waals surface area (Å²) in [5.41, 5.74) is 0.770. The van der Waals surface area contributed by atoms with Crippen molar-refractivity contribution in [2.75, 3.05) is 19.7 Å². The molecule has 0 radical (unpaired) electrons. The number of rotatable bonds is 9. The molecule has 0 atom stereocenters. The van der Waals surface area contributed by atoms with E-state index in [-0.39, 0.29) is 49.6 Å². The summed E-state index contributed by atoms with van der Waals surface area (Å²) in [4.78, 5) is 25.7. The molecule has 2 rings (SSSR count). The van der Waals surface area contributed by atoms with Crippen molar-refractivity contribution >= 4 is 11.8 Å². The fourth-order valence-electron chi connectivity index (χ4n) is 2.35. The van der Waals surface area contributed by atoms with Crippen LogP contribution in [0.15, 0.2) is 48.5 Å². The first-order valence-corrected chi connectivity index (χ1v) is 8.65. The minimum Gasteiger partial charge on any atom is -0.493 e. The summed E-state index contributed by atoms with van der Waals surface area (Å²) in [5, 5.41) is 2.70. The summed E-state index contributed by atoms with van der Waals surface area (Å²) < 4.78 is 31.1. The zero-order chi connectivity index (χ0) is 19.6. The van der Waals surface area contributed by atoms with E-state index in [9.17, 15) is 18.4 Å². The van der Waals surface area contributed by atoms with Gasteiger partial charge in [0, 0.05) is 13.1 Å². The zero-order valence-corrected chi connectivity index (χ0v) is 15.1. The Morgan fingerprint density at radius 2 is 1.59 bits per heavy atom. The van der Waals surface area contributed by atoms with Gasteiger partial charge in [0.25, 0.3) is 0 Å². The maximum absolute atomic E-state index is 12.9. The molecule has 0 unspecified atom stereocenters. The minimum absolute atomic E-state index is 0.0624. The van der Waals surface area contributed by atoms with Gasteiger partial charge in [0.15, 0.2) is 0 Å². The van der Waals surface area contributed by atoms with Gasteiger partial charge in [-0.2, -0.15) is 0 Å². The molecular formula is C20H22F2N2O3. The summed E-state index contributed by atoms with van der Waals surface area (Å²) in [6, 6.07) is 11.4. The van der Waals surface area contributed by atoms with Crippen LogP contribution in [-0.4, -0.2) is 36.4 Å². The normalized spacial score (nSPS) is 10.3. The number of hydrogen-bond donors (Lipinski definition) is 1. The molecule has 7 heteroatoms. The average Bonchev–Trinajstić information content (AvgIpc) is 2.67. The largest absolute Gasteiger partial charge is 0.493 e. The van der Waals surface area contributed by atoms with Crippen LogP contribution in [-0.2, 0) is 16.1 Å². The molecule has 0 saturated heterocycles. The second-order valence-corrected chi connectivity index (χ2v) is 5.86. The van der Waals surface area contributed by atoms with Gasteiger partial charge in [0.2, 0.25) is 11.8 Å². The number of likely N-dealkylation sites (N-methyl/N-ethyl adjacent to an activating group) is 1. The van der Waals surface area contributed by atoms with Gasteiger partial charge in [0.1, 0.15) is 17.4 Å². The quantitative estimate of drug-likeness (QED) is 0.732. The number of ether oxygens (including phenoxy) is 1. The van der Waals surface area contributed by atoms with Crippen LogP contribution in [0, 0.1) is 11.6 Å². The molecule has 2 aromatic carbocycles. The van der Waals surface area contributed by atoms with Crippen molar-refractivity contribution in [2.24, 2.45) is 0 Å². The van der Waals surface area contributed by atoms with E-state index in [0.717, 1.165) is 5.56 Å². The number of halogens is 2. The lowest BCUT2D eigenvalue weighted by Gasteiger charge is -2.20. The van der Waals surface area contributed by atoms with Crippen LogP contribution in [0.25, 0.3) is 0 Å². The number of amides is 2. The molecule has 0 aromatic heterocycles. The minimum atomic E-state index is -0.359. The Bertz CT molecular complexity index is 749. The molecule has 2 aromatic rings. The lowest BCUT2D eigenvalue weighted by Crippen LogP contribution is -2.40. The first-order valence-electron chi connectivity index (χ1n) is 8.65. The Labute approximate surface area is 156 Å². The van der Waals surface area contributed by atoms with Crippen molar-refractivity contribution in [2.45, 2.75) is 19.9 Å². The van der Waals surface area contributed by atoms with E-state index in [0.29, 0.717) is 12.3 Å². The van der Waals surface area contributed by atoms with E-state index in [2.05, 4.69) is 5.32 Å². The van der Waals surface area contributed by atoms with Crippen LogP contribution in [0.4, 0.5) is 8.78 Å². The van der Waals surface area contributed by atoms with Crippen LogP contribution in [0.1, 0.15) is 18.9 Å². The fourth-order valence-corrected chi connectivity index (χ4v) is 2.35. The Balaban J connectivity index is 1.73. The number of benzene rings is 2. The van der Waals surface area contributed by atoms with Crippen LogP contribution in [0.3, 0.4) is 0 Å². The highest BCUT2D eigenvalue weighted by molar-refractivity contribution is 5.84. The molecule has 0 heterocycles. The number of hydrogen-bond acceptors (Lipinski definition) is 3. The Morgan fingerprint density at radius 1 is 1.00 bits per heavy atom. The van der Waals surface area contributed by atoms with E-state index in [1.165, 1.54) is 41.3 Å². The van der Waals surface area contributed by atoms with E-state index in [1.807, 2.05) is 0 Å². The maximum atomic E-state index is 12.9. The third-order valence-electron chi connectivity index (χ3n) is 3.87. The van der Waals surface area contributed by atoms with Gasteiger partial charge in [-0.25, -0.2) is 8.78 Å². The van der Waals surface area contributed by atoms with E-state index >= 15 is 0 Å².